The van der Waals surface area contributed by atoms with Gasteiger partial charge in [0.15, 0.2) is 0 Å². The average Bonchev–Trinajstić information content (AvgIpc) is 2.80. The van der Waals surface area contributed by atoms with E-state index in [0.717, 1.165) is 74.6 Å². The predicted octanol–water partition coefficient (Wildman–Crippen LogP) is 4.28. The first-order valence-corrected chi connectivity index (χ1v) is 12.8. The fourth-order valence-electron chi connectivity index (χ4n) is 4.06. The van der Waals surface area contributed by atoms with E-state index in [1.54, 1.807) is 4.31 Å². The van der Waals surface area contributed by atoms with Gasteiger partial charge in [0.05, 0.1) is 5.69 Å². The second-order valence-corrected chi connectivity index (χ2v) is 9.45. The molecule has 7 nitrogen and oxygen atoms in total. The Balaban J connectivity index is 1.41. The largest absolute Gasteiger partial charge is 0.369 e. The Labute approximate surface area is 200 Å². The zero-order valence-electron chi connectivity index (χ0n) is 19.7. The van der Waals surface area contributed by atoms with E-state index in [1.807, 2.05) is 50.2 Å². The Morgan fingerprint density at radius 3 is 2.48 bits per heavy atom. The molecule has 33 heavy (non-hydrogen) atoms. The number of carbonyl (C=O) groups excluding carboxylic acids is 1. The van der Waals surface area contributed by atoms with Crippen LogP contribution in [0.15, 0.2) is 48.5 Å². The summed E-state index contributed by atoms with van der Waals surface area (Å²) in [7, 11) is 0. The van der Waals surface area contributed by atoms with Crippen molar-refractivity contribution in [1.29, 1.82) is 0 Å². The van der Waals surface area contributed by atoms with Gasteiger partial charge in [-0.1, -0.05) is 30.7 Å². The summed E-state index contributed by atoms with van der Waals surface area (Å²) in [4.78, 5) is 16.7. The number of rotatable bonds is 11. The van der Waals surface area contributed by atoms with E-state index < -0.39 is 11.3 Å². The summed E-state index contributed by atoms with van der Waals surface area (Å²) in [6.45, 7) is 9.42. The highest BCUT2D eigenvalue weighted by Gasteiger charge is 2.18. The van der Waals surface area contributed by atoms with Gasteiger partial charge in [0.25, 0.3) is 11.3 Å². The standard InChI is InChI=1S/C25H36N4O3S/c1-3-7-25(30)26-22-8-6-9-24(20-22)28-18-16-27(17-19-28)14-4-5-15-29(33(31)32)23-12-10-21(2)11-13-23/h6,8-13,20H,3-5,7,14-19H2,1-2H3,(H,26,30)(H,31,32). The first-order chi connectivity index (χ1) is 16.0. The molecule has 2 aromatic rings. The van der Waals surface area contributed by atoms with E-state index in [4.69, 9.17) is 0 Å². The number of nitrogens with one attached hydrogen (secondary N) is 1. The lowest BCUT2D eigenvalue weighted by Crippen LogP contribution is -2.46. The number of amides is 1. The minimum atomic E-state index is -2.02. The highest BCUT2D eigenvalue weighted by Crippen LogP contribution is 2.22. The maximum Gasteiger partial charge on any atom is 0.261 e. The van der Waals surface area contributed by atoms with Gasteiger partial charge in [0.2, 0.25) is 5.91 Å². The molecule has 0 aliphatic carbocycles. The molecule has 0 radical (unpaired) electrons. The van der Waals surface area contributed by atoms with Crippen molar-refractivity contribution < 1.29 is 13.6 Å². The van der Waals surface area contributed by atoms with Gasteiger partial charge >= 0.3 is 0 Å². The molecule has 1 heterocycles. The zero-order chi connectivity index (χ0) is 23.6. The summed E-state index contributed by atoms with van der Waals surface area (Å²) < 4.78 is 23.0. The number of benzene rings is 2. The lowest BCUT2D eigenvalue weighted by Gasteiger charge is -2.36. The molecule has 0 bridgehead atoms. The summed E-state index contributed by atoms with van der Waals surface area (Å²) >= 11 is -2.02. The van der Waals surface area contributed by atoms with E-state index >= 15 is 0 Å². The molecule has 2 N–H and O–H groups in total. The van der Waals surface area contributed by atoms with E-state index in [1.165, 1.54) is 0 Å². The highest BCUT2D eigenvalue weighted by atomic mass is 32.2. The molecule has 1 atom stereocenters. The SMILES string of the molecule is CCCC(=O)Nc1cccc(N2CCN(CCCCN(c3ccc(C)cc3)S(=O)O)CC2)c1. The van der Waals surface area contributed by atoms with Crippen molar-refractivity contribution in [2.75, 3.05) is 53.8 Å². The van der Waals surface area contributed by atoms with Crippen LogP contribution < -0.4 is 14.5 Å². The number of nitrogens with zero attached hydrogens (tertiary/aromatic N) is 3. The molecule has 1 saturated heterocycles. The van der Waals surface area contributed by atoms with E-state index in [-0.39, 0.29) is 5.91 Å². The molecule has 180 valence electrons. The van der Waals surface area contributed by atoms with Crippen molar-refractivity contribution in [3.63, 3.8) is 0 Å². The van der Waals surface area contributed by atoms with Crippen LogP contribution in [-0.4, -0.2) is 58.8 Å². The van der Waals surface area contributed by atoms with E-state index in [9.17, 15) is 13.6 Å². The molecule has 3 rings (SSSR count). The Hall–Kier alpha value is -2.42. The van der Waals surface area contributed by atoms with E-state index in [2.05, 4.69) is 27.2 Å². The van der Waals surface area contributed by atoms with E-state index in [0.29, 0.717) is 13.0 Å². The quantitative estimate of drug-likeness (QED) is 0.377. The molecular weight excluding hydrogens is 436 g/mol. The fraction of sp³-hybridized carbons (Fsp3) is 0.480. The van der Waals surface area contributed by atoms with Crippen LogP contribution in [0.3, 0.4) is 0 Å². The third kappa shape index (κ3) is 7.84. The van der Waals surface area contributed by atoms with Gasteiger partial charge in [-0.3, -0.25) is 18.6 Å². The van der Waals surface area contributed by atoms with Gasteiger partial charge in [0.1, 0.15) is 0 Å². The predicted molar refractivity (Wildman–Crippen MR) is 137 cm³/mol. The fourth-order valence-corrected chi connectivity index (χ4v) is 4.65. The van der Waals surface area contributed by atoms with Crippen LogP contribution in [0.25, 0.3) is 0 Å². The van der Waals surface area contributed by atoms with Crippen molar-refractivity contribution in [3.05, 3.63) is 54.1 Å². The summed E-state index contributed by atoms with van der Waals surface area (Å²) in [6.07, 6.45) is 3.23. The molecule has 1 aliphatic heterocycles. The highest BCUT2D eigenvalue weighted by molar-refractivity contribution is 7.80. The van der Waals surface area contributed by atoms with Crippen LogP contribution in [0.2, 0.25) is 0 Å². The molecule has 1 aliphatic rings. The van der Waals surface area contributed by atoms with Crippen LogP contribution in [0.4, 0.5) is 17.1 Å². The third-order valence-corrected chi connectivity index (χ3v) is 6.71. The number of hydrogen-bond acceptors (Lipinski definition) is 4. The second kappa shape index (κ2) is 12.7. The average molecular weight is 473 g/mol. The molecule has 1 amide bonds. The van der Waals surface area contributed by atoms with Crippen LogP contribution in [0, 0.1) is 6.92 Å². The smallest absolute Gasteiger partial charge is 0.261 e. The van der Waals surface area contributed by atoms with Crippen molar-refractivity contribution >= 4 is 34.2 Å². The number of unbranched alkanes of at least 4 members (excludes halogenated alkanes) is 1. The maximum atomic E-state index is 11.9. The van der Waals surface area contributed by atoms with Crippen LogP contribution >= 0.6 is 0 Å². The Bertz CT molecular complexity index is 914. The number of aryl methyl sites for hydroxylation is 1. The monoisotopic (exact) mass is 472 g/mol. The summed E-state index contributed by atoms with van der Waals surface area (Å²) in [6, 6.07) is 15.8. The normalized spacial score (nSPS) is 15.3. The first-order valence-electron chi connectivity index (χ1n) is 11.8. The minimum absolute atomic E-state index is 0.0606. The van der Waals surface area contributed by atoms with Gasteiger partial charge < -0.3 is 10.2 Å². The van der Waals surface area contributed by atoms with Crippen LogP contribution in [0.1, 0.15) is 38.2 Å². The van der Waals surface area contributed by atoms with Crippen LogP contribution in [-0.2, 0) is 16.1 Å². The number of anilines is 3. The lowest BCUT2D eigenvalue weighted by molar-refractivity contribution is -0.116. The van der Waals surface area contributed by atoms with Gasteiger partial charge in [-0.15, -0.1) is 0 Å². The maximum absolute atomic E-state index is 11.9. The second-order valence-electron chi connectivity index (χ2n) is 8.55. The lowest BCUT2D eigenvalue weighted by atomic mass is 10.2. The number of carbonyl (C=O) groups is 1. The zero-order valence-corrected chi connectivity index (χ0v) is 20.5. The summed E-state index contributed by atoms with van der Waals surface area (Å²) in [5.74, 6) is 0.0606. The summed E-state index contributed by atoms with van der Waals surface area (Å²) in [5, 5.41) is 2.98. The number of hydrogen-bond donors (Lipinski definition) is 2. The third-order valence-electron chi connectivity index (χ3n) is 5.94. The number of piperazine rings is 1. The van der Waals surface area contributed by atoms with Crippen molar-refractivity contribution in [3.8, 4) is 0 Å². The summed E-state index contributed by atoms with van der Waals surface area (Å²) in [5.41, 5.74) is 3.91. The molecule has 1 unspecified atom stereocenters. The molecule has 0 aromatic heterocycles. The molecular formula is C25H36N4O3S. The molecule has 1 fully saturated rings. The van der Waals surface area contributed by atoms with Gasteiger partial charge in [-0.2, -0.15) is 0 Å². The minimum Gasteiger partial charge on any atom is -0.369 e. The molecule has 8 heteroatoms. The van der Waals surface area contributed by atoms with Crippen LogP contribution in [0.5, 0.6) is 0 Å². The first kappa shape index (κ1) is 25.2. The molecule has 0 saturated carbocycles. The van der Waals surface area contributed by atoms with Gasteiger partial charge in [-0.25, -0.2) is 4.21 Å². The van der Waals surface area contributed by atoms with Crippen molar-refractivity contribution in [2.24, 2.45) is 0 Å². The van der Waals surface area contributed by atoms with Crippen molar-refractivity contribution in [2.45, 2.75) is 39.5 Å². The van der Waals surface area contributed by atoms with Gasteiger partial charge in [-0.05, 0) is 63.1 Å². The topological polar surface area (TPSA) is 76.1 Å². The van der Waals surface area contributed by atoms with Gasteiger partial charge in [0, 0.05) is 50.5 Å². The Morgan fingerprint density at radius 1 is 1.09 bits per heavy atom. The molecule has 0 spiro atoms. The molecule has 2 aromatic carbocycles. The van der Waals surface area contributed by atoms with Crippen molar-refractivity contribution in [1.82, 2.24) is 4.90 Å². The Kier molecular flexibility index (Phi) is 9.72. The Morgan fingerprint density at radius 2 is 1.82 bits per heavy atom.